The molecule has 0 spiro atoms. The van der Waals surface area contributed by atoms with E-state index in [2.05, 4.69) is 15.0 Å². The van der Waals surface area contributed by atoms with E-state index < -0.39 is 0 Å². The molecule has 1 saturated heterocycles. The molecule has 8 nitrogen and oxygen atoms in total. The second-order valence-electron chi connectivity index (χ2n) is 7.83. The van der Waals surface area contributed by atoms with Crippen molar-refractivity contribution in [2.24, 2.45) is 0 Å². The Morgan fingerprint density at radius 2 is 1.88 bits per heavy atom. The summed E-state index contributed by atoms with van der Waals surface area (Å²) >= 11 is 1.50. The molecule has 0 unspecified atom stereocenters. The van der Waals surface area contributed by atoms with Crippen LogP contribution in [0.5, 0.6) is 11.5 Å². The van der Waals surface area contributed by atoms with Crippen molar-refractivity contribution in [2.75, 3.05) is 40.4 Å². The highest BCUT2D eigenvalue weighted by atomic mass is 32.2. The second-order valence-corrected chi connectivity index (χ2v) is 8.80. The van der Waals surface area contributed by atoms with Gasteiger partial charge >= 0.3 is 0 Å². The van der Waals surface area contributed by atoms with Gasteiger partial charge in [0.15, 0.2) is 11.5 Å². The first-order valence-corrected chi connectivity index (χ1v) is 11.8. The molecule has 1 aromatic carbocycles. The Kier molecular flexibility index (Phi) is 7.51. The van der Waals surface area contributed by atoms with Gasteiger partial charge in [-0.1, -0.05) is 23.0 Å². The van der Waals surface area contributed by atoms with E-state index in [-0.39, 0.29) is 5.91 Å². The smallest absolute Gasteiger partial charge is 0.256 e. The van der Waals surface area contributed by atoms with E-state index in [0.717, 1.165) is 53.2 Å². The highest BCUT2D eigenvalue weighted by Gasteiger charge is 2.24. The summed E-state index contributed by atoms with van der Waals surface area (Å²) in [6.45, 7) is 5.62. The molecule has 0 radical (unpaired) electrons. The summed E-state index contributed by atoms with van der Waals surface area (Å²) in [5.74, 6) is 2.85. The number of amides is 1. The molecule has 0 N–H and O–H groups in total. The average molecular weight is 469 g/mol. The molecule has 3 aromatic rings. The number of methoxy groups -OCH3 is 2. The van der Waals surface area contributed by atoms with Gasteiger partial charge in [0.1, 0.15) is 10.8 Å². The van der Waals surface area contributed by atoms with E-state index in [0.29, 0.717) is 24.4 Å². The summed E-state index contributed by atoms with van der Waals surface area (Å²) in [5, 5.41) is 4.74. The van der Waals surface area contributed by atoms with E-state index in [1.165, 1.54) is 11.8 Å². The van der Waals surface area contributed by atoms with Gasteiger partial charge in [-0.2, -0.15) is 0 Å². The van der Waals surface area contributed by atoms with E-state index >= 15 is 0 Å². The van der Waals surface area contributed by atoms with Crippen molar-refractivity contribution in [1.29, 1.82) is 0 Å². The van der Waals surface area contributed by atoms with Crippen LogP contribution >= 0.6 is 11.8 Å². The molecule has 0 bridgehead atoms. The number of hydrogen-bond acceptors (Lipinski definition) is 8. The van der Waals surface area contributed by atoms with Crippen LogP contribution in [-0.2, 0) is 12.3 Å². The molecule has 0 atom stereocenters. The van der Waals surface area contributed by atoms with Gasteiger partial charge < -0.3 is 18.9 Å². The number of piperazine rings is 1. The fraction of sp³-hybridized carbons (Fsp3) is 0.375. The Balaban J connectivity index is 1.35. The third-order valence-electron chi connectivity index (χ3n) is 5.55. The summed E-state index contributed by atoms with van der Waals surface area (Å²) in [5.41, 5.74) is 2.63. The van der Waals surface area contributed by atoms with E-state index in [1.807, 2.05) is 48.2 Å². The highest BCUT2D eigenvalue weighted by Crippen LogP contribution is 2.29. The summed E-state index contributed by atoms with van der Waals surface area (Å²) in [4.78, 5) is 21.9. The lowest BCUT2D eigenvalue weighted by atomic mass is 10.1. The van der Waals surface area contributed by atoms with Crippen LogP contribution in [0, 0.1) is 6.92 Å². The number of rotatable bonds is 8. The fourth-order valence-corrected chi connectivity index (χ4v) is 4.68. The number of carbonyl (C=O) groups excluding carboxylic acids is 1. The van der Waals surface area contributed by atoms with Gasteiger partial charge in [-0.15, -0.1) is 0 Å². The molecule has 33 heavy (non-hydrogen) atoms. The van der Waals surface area contributed by atoms with Gasteiger partial charge in [-0.3, -0.25) is 9.69 Å². The zero-order valence-corrected chi connectivity index (χ0v) is 19.9. The van der Waals surface area contributed by atoms with Crippen molar-refractivity contribution >= 4 is 17.7 Å². The zero-order chi connectivity index (χ0) is 23.2. The Bertz CT molecular complexity index is 1100. The maximum Gasteiger partial charge on any atom is 0.256 e. The summed E-state index contributed by atoms with van der Waals surface area (Å²) < 4.78 is 15.9. The minimum absolute atomic E-state index is 0.0210. The van der Waals surface area contributed by atoms with Crippen LogP contribution in [0.25, 0.3) is 0 Å². The van der Waals surface area contributed by atoms with Crippen LogP contribution in [0.1, 0.15) is 27.4 Å². The number of hydrogen-bond donors (Lipinski definition) is 0. The third kappa shape index (κ3) is 5.66. The van der Waals surface area contributed by atoms with Gasteiger partial charge in [0.25, 0.3) is 5.91 Å². The summed E-state index contributed by atoms with van der Waals surface area (Å²) in [6, 6.07) is 11.5. The maximum absolute atomic E-state index is 13.2. The van der Waals surface area contributed by atoms with E-state index in [9.17, 15) is 4.79 Å². The molecule has 1 aliphatic rings. The molecule has 1 fully saturated rings. The largest absolute Gasteiger partial charge is 0.493 e. The lowest BCUT2D eigenvalue weighted by molar-refractivity contribution is 0.0624. The van der Waals surface area contributed by atoms with Crippen LogP contribution in [0.2, 0.25) is 0 Å². The van der Waals surface area contributed by atoms with Crippen LogP contribution < -0.4 is 9.47 Å². The molecular weight excluding hydrogens is 440 g/mol. The number of benzene rings is 1. The highest BCUT2D eigenvalue weighted by molar-refractivity contribution is 7.98. The van der Waals surface area contributed by atoms with Gasteiger partial charge in [0.2, 0.25) is 0 Å². The van der Waals surface area contributed by atoms with Crippen LogP contribution in [0.15, 0.2) is 52.1 Å². The molecule has 0 saturated carbocycles. The van der Waals surface area contributed by atoms with Crippen molar-refractivity contribution in [2.45, 2.75) is 24.2 Å². The molecule has 1 aliphatic heterocycles. The lowest BCUT2D eigenvalue weighted by Crippen LogP contribution is -2.48. The molecule has 2 aromatic heterocycles. The van der Waals surface area contributed by atoms with Gasteiger partial charge in [-0.05, 0) is 36.8 Å². The normalized spacial score (nSPS) is 14.3. The molecule has 3 heterocycles. The number of aromatic nitrogens is 2. The standard InChI is InChI=1S/C24H28N4O4S/c1-17-13-19(26-32-17)16-33-23-20(5-4-8-25-23)24(29)28-11-9-27(10-12-28)15-18-6-7-21(30-2)22(14-18)31-3/h4-8,13-14H,9-12,15-16H2,1-3H3. The predicted octanol–water partition coefficient (Wildman–Crippen LogP) is 3.65. The average Bonchev–Trinajstić information content (AvgIpc) is 3.28. The minimum Gasteiger partial charge on any atom is -0.493 e. The van der Waals surface area contributed by atoms with E-state index in [1.54, 1.807) is 20.4 Å². The SMILES string of the molecule is COc1ccc(CN2CCN(C(=O)c3cccnc3SCc3cc(C)on3)CC2)cc1OC. The fourth-order valence-electron chi connectivity index (χ4n) is 3.81. The topological polar surface area (TPSA) is 80.9 Å². The predicted molar refractivity (Wildman–Crippen MR) is 126 cm³/mol. The zero-order valence-electron chi connectivity index (χ0n) is 19.1. The summed E-state index contributed by atoms with van der Waals surface area (Å²) in [7, 11) is 3.28. The van der Waals surface area contributed by atoms with Crippen LogP contribution in [0.3, 0.4) is 0 Å². The van der Waals surface area contributed by atoms with Gasteiger partial charge in [0.05, 0.1) is 25.5 Å². The first-order chi connectivity index (χ1) is 16.1. The number of pyridine rings is 1. The lowest BCUT2D eigenvalue weighted by Gasteiger charge is -2.35. The first-order valence-electron chi connectivity index (χ1n) is 10.8. The van der Waals surface area contributed by atoms with Crippen LogP contribution in [0.4, 0.5) is 0 Å². The quantitative estimate of drug-likeness (QED) is 0.464. The van der Waals surface area contributed by atoms with Gasteiger partial charge in [0, 0.05) is 50.7 Å². The number of nitrogens with zero attached hydrogens (tertiary/aromatic N) is 4. The van der Waals surface area contributed by atoms with Crippen molar-refractivity contribution in [1.82, 2.24) is 19.9 Å². The third-order valence-corrected chi connectivity index (χ3v) is 6.59. The Morgan fingerprint density at radius 3 is 2.58 bits per heavy atom. The molecular formula is C24H28N4O4S. The minimum atomic E-state index is 0.0210. The first kappa shape index (κ1) is 23.1. The Hall–Kier alpha value is -3.04. The molecule has 4 rings (SSSR count). The number of ether oxygens (including phenoxy) is 2. The van der Waals surface area contributed by atoms with Crippen molar-refractivity contribution in [3.63, 3.8) is 0 Å². The molecule has 9 heteroatoms. The second kappa shape index (κ2) is 10.7. The summed E-state index contributed by atoms with van der Waals surface area (Å²) in [6.07, 6.45) is 1.72. The Morgan fingerprint density at radius 1 is 1.09 bits per heavy atom. The van der Waals surface area contributed by atoms with Crippen molar-refractivity contribution < 1.29 is 18.8 Å². The van der Waals surface area contributed by atoms with Crippen molar-refractivity contribution in [3.8, 4) is 11.5 Å². The van der Waals surface area contributed by atoms with E-state index in [4.69, 9.17) is 14.0 Å². The van der Waals surface area contributed by atoms with Crippen LogP contribution in [-0.4, -0.2) is 66.2 Å². The monoisotopic (exact) mass is 468 g/mol. The number of carbonyl (C=O) groups is 1. The molecule has 1 amide bonds. The van der Waals surface area contributed by atoms with Crippen molar-refractivity contribution in [3.05, 3.63) is 65.2 Å². The number of thioether (sulfide) groups is 1. The Labute approximate surface area is 197 Å². The van der Waals surface area contributed by atoms with Gasteiger partial charge in [-0.25, -0.2) is 4.98 Å². The molecule has 174 valence electrons. The maximum atomic E-state index is 13.2. The molecule has 0 aliphatic carbocycles. The number of aryl methyl sites for hydroxylation is 1.